The quantitative estimate of drug-likeness (QED) is 0.504. The zero-order valence-electron chi connectivity index (χ0n) is 16.9. The van der Waals surface area contributed by atoms with Crippen LogP contribution in [-0.4, -0.2) is 38.4 Å². The Bertz CT molecular complexity index is 1540. The topological polar surface area (TPSA) is 108 Å². The van der Waals surface area contributed by atoms with E-state index in [4.69, 9.17) is 0 Å². The van der Waals surface area contributed by atoms with Gasteiger partial charge in [-0.05, 0) is 37.1 Å². The van der Waals surface area contributed by atoms with Crippen LogP contribution in [0.2, 0.25) is 0 Å². The Balaban J connectivity index is 1.43. The van der Waals surface area contributed by atoms with E-state index in [1.807, 2.05) is 0 Å². The van der Waals surface area contributed by atoms with Gasteiger partial charge >= 0.3 is 5.69 Å². The number of carbonyl (C=O) groups is 1. The molecule has 2 N–H and O–H groups in total. The summed E-state index contributed by atoms with van der Waals surface area (Å²) < 4.78 is 14.7. The van der Waals surface area contributed by atoms with Crippen LogP contribution in [-0.2, 0) is 0 Å². The number of nitrogens with zero attached hydrogens (tertiary/aromatic N) is 2. The standard InChI is InChI=1S/C23H19FN4O4/c24-13-5-6-19-17(11-13)22(31)28(23(32)26-19)14-7-9-27(10-8-14)21(30)16-12-20(29)25-18-4-2-1-3-15(16)18/h1-6,11-12,14H,7-10H2,(H,25,29)(H,26,32). The van der Waals surface area contributed by atoms with E-state index in [1.165, 1.54) is 18.2 Å². The number of amides is 1. The number of pyridine rings is 1. The molecule has 5 rings (SSSR count). The predicted octanol–water partition coefficient (Wildman–Crippen LogP) is 2.15. The molecule has 1 saturated heterocycles. The van der Waals surface area contributed by atoms with Crippen LogP contribution in [0.25, 0.3) is 21.8 Å². The van der Waals surface area contributed by atoms with Gasteiger partial charge in [0.15, 0.2) is 0 Å². The second kappa shape index (κ2) is 7.60. The smallest absolute Gasteiger partial charge is 0.329 e. The number of aromatic nitrogens is 3. The summed E-state index contributed by atoms with van der Waals surface area (Å²) in [6.07, 6.45) is 0.771. The van der Waals surface area contributed by atoms with Crippen LogP contribution in [0.1, 0.15) is 29.2 Å². The largest absolute Gasteiger partial charge is 0.338 e. The second-order valence-electron chi connectivity index (χ2n) is 7.91. The van der Waals surface area contributed by atoms with E-state index in [0.717, 1.165) is 10.6 Å². The molecule has 9 heteroatoms. The van der Waals surface area contributed by atoms with Crippen molar-refractivity contribution in [2.75, 3.05) is 13.1 Å². The van der Waals surface area contributed by atoms with Gasteiger partial charge in [0.05, 0.1) is 16.5 Å². The fraction of sp³-hybridized carbons (Fsp3) is 0.217. The first-order valence-electron chi connectivity index (χ1n) is 10.3. The maximum absolute atomic E-state index is 13.6. The molecule has 0 bridgehead atoms. The molecule has 2 aromatic carbocycles. The minimum atomic E-state index is -0.557. The monoisotopic (exact) mass is 434 g/mol. The van der Waals surface area contributed by atoms with Gasteiger partial charge in [-0.15, -0.1) is 0 Å². The lowest BCUT2D eigenvalue weighted by atomic mass is 10.0. The Morgan fingerprint density at radius 3 is 2.41 bits per heavy atom. The fourth-order valence-corrected chi connectivity index (χ4v) is 4.41. The summed E-state index contributed by atoms with van der Waals surface area (Å²) in [4.78, 5) is 57.6. The number of benzene rings is 2. The third kappa shape index (κ3) is 3.31. The van der Waals surface area contributed by atoms with Crippen molar-refractivity contribution in [2.45, 2.75) is 18.9 Å². The maximum Gasteiger partial charge on any atom is 0.329 e. The molecule has 1 aliphatic rings. The van der Waals surface area contributed by atoms with E-state index in [2.05, 4.69) is 9.97 Å². The molecule has 0 saturated carbocycles. The number of likely N-dealkylation sites (tertiary alicyclic amines) is 1. The molecule has 0 unspecified atom stereocenters. The summed E-state index contributed by atoms with van der Waals surface area (Å²) in [5.74, 6) is -0.828. The molecule has 0 spiro atoms. The molecule has 1 fully saturated rings. The third-order valence-electron chi connectivity index (χ3n) is 5.99. The first kappa shape index (κ1) is 19.9. The highest BCUT2D eigenvalue weighted by molar-refractivity contribution is 6.05. The number of rotatable bonds is 2. The summed E-state index contributed by atoms with van der Waals surface area (Å²) >= 11 is 0. The summed E-state index contributed by atoms with van der Waals surface area (Å²) in [6, 6.07) is 11.6. The minimum Gasteiger partial charge on any atom is -0.338 e. The number of nitrogens with one attached hydrogen (secondary N) is 2. The first-order chi connectivity index (χ1) is 15.4. The molecule has 4 aromatic rings. The van der Waals surface area contributed by atoms with Crippen molar-refractivity contribution < 1.29 is 9.18 Å². The molecule has 2 aromatic heterocycles. The molecular formula is C23H19FN4O4. The normalized spacial score (nSPS) is 14.8. The van der Waals surface area contributed by atoms with E-state index in [9.17, 15) is 23.6 Å². The average molecular weight is 434 g/mol. The van der Waals surface area contributed by atoms with E-state index >= 15 is 0 Å². The lowest BCUT2D eigenvalue weighted by Gasteiger charge is -2.32. The Hall–Kier alpha value is -4.01. The zero-order valence-corrected chi connectivity index (χ0v) is 16.9. The Kier molecular flexibility index (Phi) is 4.73. The minimum absolute atomic E-state index is 0.109. The van der Waals surface area contributed by atoms with Gasteiger partial charge in [0.1, 0.15) is 5.82 Å². The number of piperidine rings is 1. The van der Waals surface area contributed by atoms with Gasteiger partial charge in [0.25, 0.3) is 11.5 Å². The summed E-state index contributed by atoms with van der Waals surface area (Å²) in [7, 11) is 0. The molecular weight excluding hydrogens is 415 g/mol. The van der Waals surface area contributed by atoms with Crippen molar-refractivity contribution in [1.29, 1.82) is 0 Å². The van der Waals surface area contributed by atoms with Crippen LogP contribution in [0.15, 0.2) is 62.9 Å². The maximum atomic E-state index is 13.6. The predicted molar refractivity (Wildman–Crippen MR) is 118 cm³/mol. The molecule has 1 aliphatic heterocycles. The van der Waals surface area contributed by atoms with Gasteiger partial charge < -0.3 is 14.9 Å². The van der Waals surface area contributed by atoms with Crippen molar-refractivity contribution in [1.82, 2.24) is 19.4 Å². The number of aromatic amines is 2. The first-order valence-corrected chi connectivity index (χ1v) is 10.3. The van der Waals surface area contributed by atoms with E-state index in [0.29, 0.717) is 42.4 Å². The van der Waals surface area contributed by atoms with Gasteiger partial charge in [-0.1, -0.05) is 18.2 Å². The lowest BCUT2D eigenvalue weighted by Crippen LogP contribution is -2.45. The van der Waals surface area contributed by atoms with Gasteiger partial charge in [0, 0.05) is 36.1 Å². The van der Waals surface area contributed by atoms with Crippen molar-refractivity contribution >= 4 is 27.7 Å². The number of para-hydroxylation sites is 1. The molecule has 3 heterocycles. The lowest BCUT2D eigenvalue weighted by molar-refractivity contribution is 0.0694. The van der Waals surface area contributed by atoms with E-state index in [-0.39, 0.29) is 22.4 Å². The van der Waals surface area contributed by atoms with Crippen LogP contribution in [0.3, 0.4) is 0 Å². The van der Waals surface area contributed by atoms with E-state index < -0.39 is 23.1 Å². The van der Waals surface area contributed by atoms with Crippen molar-refractivity contribution in [3.63, 3.8) is 0 Å². The van der Waals surface area contributed by atoms with Gasteiger partial charge in [0.2, 0.25) is 5.56 Å². The fourth-order valence-electron chi connectivity index (χ4n) is 4.41. The number of fused-ring (bicyclic) bond motifs is 2. The van der Waals surface area contributed by atoms with Crippen LogP contribution in [0.5, 0.6) is 0 Å². The Labute approximate surface area is 179 Å². The highest BCUT2D eigenvalue weighted by Gasteiger charge is 2.28. The van der Waals surface area contributed by atoms with Crippen LogP contribution >= 0.6 is 0 Å². The molecule has 0 atom stereocenters. The average Bonchev–Trinajstić information content (AvgIpc) is 2.79. The highest BCUT2D eigenvalue weighted by atomic mass is 19.1. The van der Waals surface area contributed by atoms with Crippen LogP contribution in [0, 0.1) is 5.82 Å². The van der Waals surface area contributed by atoms with Crippen molar-refractivity contribution in [3.05, 3.63) is 91.1 Å². The van der Waals surface area contributed by atoms with E-state index in [1.54, 1.807) is 29.2 Å². The van der Waals surface area contributed by atoms with Crippen molar-refractivity contribution in [2.24, 2.45) is 0 Å². The van der Waals surface area contributed by atoms with Gasteiger partial charge in [-0.3, -0.25) is 19.0 Å². The number of carbonyl (C=O) groups excluding carboxylic acids is 1. The summed E-state index contributed by atoms with van der Waals surface area (Å²) in [5.41, 5.74) is -0.276. The number of H-pyrrole nitrogens is 2. The highest BCUT2D eigenvalue weighted by Crippen LogP contribution is 2.24. The van der Waals surface area contributed by atoms with Crippen LogP contribution < -0.4 is 16.8 Å². The van der Waals surface area contributed by atoms with Crippen LogP contribution in [0.4, 0.5) is 4.39 Å². The summed E-state index contributed by atoms with van der Waals surface area (Å²) in [6.45, 7) is 0.634. The molecule has 0 radical (unpaired) electrons. The number of hydrogen-bond acceptors (Lipinski definition) is 4. The number of hydrogen-bond donors (Lipinski definition) is 2. The molecule has 32 heavy (non-hydrogen) atoms. The number of halogens is 1. The molecule has 0 aliphatic carbocycles. The Morgan fingerprint density at radius 1 is 0.906 bits per heavy atom. The Morgan fingerprint density at radius 2 is 1.62 bits per heavy atom. The third-order valence-corrected chi connectivity index (χ3v) is 5.99. The summed E-state index contributed by atoms with van der Waals surface area (Å²) in [5, 5.41) is 0.765. The van der Waals surface area contributed by atoms with Gasteiger partial charge in [-0.2, -0.15) is 0 Å². The zero-order chi connectivity index (χ0) is 22.4. The van der Waals surface area contributed by atoms with Crippen molar-refractivity contribution in [3.8, 4) is 0 Å². The molecule has 1 amide bonds. The van der Waals surface area contributed by atoms with Gasteiger partial charge in [-0.25, -0.2) is 9.18 Å². The molecule has 162 valence electrons. The second-order valence-corrected chi connectivity index (χ2v) is 7.91. The molecule has 8 nitrogen and oxygen atoms in total. The SMILES string of the molecule is O=C(c1cc(=O)[nH]c2ccccc12)N1CCC(n2c(=O)[nH]c3ccc(F)cc3c2=O)CC1.